The Hall–Kier alpha value is -3.58. The number of amides is 3. The van der Waals surface area contributed by atoms with Crippen LogP contribution in [0.4, 0.5) is 4.79 Å². The summed E-state index contributed by atoms with van der Waals surface area (Å²) in [6.45, 7) is 5.22. The summed E-state index contributed by atoms with van der Waals surface area (Å²) in [5, 5.41) is 3.26. The number of nitrogens with zero attached hydrogens (tertiary/aromatic N) is 2. The first-order valence-electron chi connectivity index (χ1n) is 11.0. The van der Waals surface area contributed by atoms with Crippen LogP contribution in [0.1, 0.15) is 40.7 Å². The molecule has 7 nitrogen and oxygen atoms in total. The van der Waals surface area contributed by atoms with Gasteiger partial charge in [-0.1, -0.05) is 30.7 Å². The monoisotopic (exact) mass is 479 g/mol. The van der Waals surface area contributed by atoms with Crippen molar-refractivity contribution in [3.8, 4) is 11.4 Å². The number of imide groups is 1. The average molecular weight is 480 g/mol. The van der Waals surface area contributed by atoms with Gasteiger partial charge in [-0.15, -0.1) is 0 Å². The van der Waals surface area contributed by atoms with Crippen molar-refractivity contribution in [1.82, 2.24) is 14.8 Å². The topological polar surface area (TPSA) is 80.6 Å². The summed E-state index contributed by atoms with van der Waals surface area (Å²) in [6, 6.07) is 15.6. The van der Waals surface area contributed by atoms with E-state index in [4.69, 9.17) is 16.3 Å². The molecule has 176 valence electrons. The molecule has 1 N–H and O–H groups in total. The summed E-state index contributed by atoms with van der Waals surface area (Å²) >= 11 is 6.13. The van der Waals surface area contributed by atoms with Crippen LogP contribution >= 0.6 is 11.6 Å². The first-order valence-corrected chi connectivity index (χ1v) is 11.4. The van der Waals surface area contributed by atoms with E-state index < -0.39 is 17.5 Å². The zero-order valence-electron chi connectivity index (χ0n) is 19.5. The van der Waals surface area contributed by atoms with Gasteiger partial charge in [-0.2, -0.15) is 0 Å². The van der Waals surface area contributed by atoms with Crippen molar-refractivity contribution in [2.24, 2.45) is 0 Å². The fraction of sp³-hybridized carbons (Fsp3) is 0.269. The van der Waals surface area contributed by atoms with Gasteiger partial charge in [-0.3, -0.25) is 14.5 Å². The smallest absolute Gasteiger partial charge is 0.325 e. The normalized spacial score (nSPS) is 17.7. The molecule has 3 aromatic rings. The van der Waals surface area contributed by atoms with Gasteiger partial charge < -0.3 is 14.6 Å². The molecule has 0 aliphatic carbocycles. The number of carbonyl (C=O) groups is 3. The Labute approximate surface area is 203 Å². The standard InChI is InChI=1S/C26H26ClN3O4/c1-5-26(18-7-6-8-19(27)14-18)24(32)29(25(33)28-26)15-23(31)22-13-16(2)30(17(22)3)20-9-11-21(34-4)12-10-20/h6-14H,5,15H2,1-4H3,(H,28,33). The molecule has 4 rings (SSSR count). The highest BCUT2D eigenvalue weighted by Gasteiger charge is 2.51. The molecular formula is C26H26ClN3O4. The van der Waals surface area contributed by atoms with Gasteiger partial charge in [0.25, 0.3) is 5.91 Å². The second-order valence-corrected chi connectivity index (χ2v) is 8.77. The number of ketones is 1. The minimum atomic E-state index is -1.25. The SMILES string of the molecule is CCC1(c2cccc(Cl)c2)NC(=O)N(CC(=O)c2cc(C)n(-c3ccc(OC)cc3)c2C)C1=O. The number of aryl methyl sites for hydroxylation is 1. The minimum absolute atomic E-state index is 0.311. The van der Waals surface area contributed by atoms with Crippen LogP contribution in [0.5, 0.6) is 5.75 Å². The van der Waals surface area contributed by atoms with Gasteiger partial charge in [0, 0.05) is 27.7 Å². The molecule has 0 radical (unpaired) electrons. The van der Waals surface area contributed by atoms with Gasteiger partial charge >= 0.3 is 6.03 Å². The molecule has 1 fully saturated rings. The van der Waals surface area contributed by atoms with Gasteiger partial charge in [0.2, 0.25) is 0 Å². The van der Waals surface area contributed by atoms with E-state index in [1.54, 1.807) is 37.4 Å². The number of Topliss-reactive ketones (excluding diaryl/α,β-unsaturated/α-hetero) is 1. The molecule has 1 saturated heterocycles. The number of halogens is 1. The summed E-state index contributed by atoms with van der Waals surface area (Å²) < 4.78 is 7.18. The molecule has 1 aromatic heterocycles. The molecule has 0 spiro atoms. The van der Waals surface area contributed by atoms with Crippen molar-refractivity contribution in [2.75, 3.05) is 13.7 Å². The van der Waals surface area contributed by atoms with E-state index in [1.165, 1.54) is 0 Å². The fourth-order valence-electron chi connectivity index (χ4n) is 4.57. The lowest BCUT2D eigenvalue weighted by Gasteiger charge is -2.26. The number of nitrogens with one attached hydrogen (secondary N) is 1. The lowest BCUT2D eigenvalue weighted by molar-refractivity contribution is -0.131. The summed E-state index contributed by atoms with van der Waals surface area (Å²) in [6.07, 6.45) is 0.328. The molecule has 1 atom stereocenters. The summed E-state index contributed by atoms with van der Waals surface area (Å²) in [4.78, 5) is 40.5. The molecule has 0 bridgehead atoms. The third-order valence-corrected chi connectivity index (χ3v) is 6.62. The zero-order valence-corrected chi connectivity index (χ0v) is 20.3. The first kappa shape index (κ1) is 23.6. The molecule has 34 heavy (non-hydrogen) atoms. The van der Waals surface area contributed by atoms with Crippen LogP contribution < -0.4 is 10.1 Å². The van der Waals surface area contributed by atoms with Gasteiger partial charge in [0.15, 0.2) is 5.78 Å². The van der Waals surface area contributed by atoms with Gasteiger partial charge in [-0.25, -0.2) is 4.79 Å². The molecular weight excluding hydrogens is 454 g/mol. The number of benzene rings is 2. The van der Waals surface area contributed by atoms with Crippen molar-refractivity contribution in [3.05, 3.63) is 82.1 Å². The number of methoxy groups -OCH3 is 1. The van der Waals surface area contributed by atoms with E-state index in [0.717, 1.165) is 27.7 Å². The second kappa shape index (κ2) is 8.99. The highest BCUT2D eigenvalue weighted by atomic mass is 35.5. The van der Waals surface area contributed by atoms with Gasteiger partial charge in [0.1, 0.15) is 11.3 Å². The Morgan fingerprint density at radius 1 is 1.09 bits per heavy atom. The molecule has 2 aromatic carbocycles. The summed E-state index contributed by atoms with van der Waals surface area (Å²) in [7, 11) is 1.60. The maximum Gasteiger partial charge on any atom is 0.325 e. The number of carbonyl (C=O) groups excluding carboxylic acids is 3. The third-order valence-electron chi connectivity index (χ3n) is 6.39. The lowest BCUT2D eigenvalue weighted by Crippen LogP contribution is -2.43. The van der Waals surface area contributed by atoms with Crippen LogP contribution in [0.25, 0.3) is 5.69 Å². The number of ether oxygens (including phenoxy) is 1. The third kappa shape index (κ3) is 3.86. The lowest BCUT2D eigenvalue weighted by atomic mass is 9.87. The van der Waals surface area contributed by atoms with E-state index in [-0.39, 0.29) is 12.3 Å². The van der Waals surface area contributed by atoms with Crippen molar-refractivity contribution in [3.63, 3.8) is 0 Å². The van der Waals surface area contributed by atoms with E-state index in [9.17, 15) is 14.4 Å². The van der Waals surface area contributed by atoms with Crippen LogP contribution in [0.3, 0.4) is 0 Å². The summed E-state index contributed by atoms with van der Waals surface area (Å²) in [5.41, 5.74) is 2.29. The van der Waals surface area contributed by atoms with Gasteiger partial charge in [0.05, 0.1) is 13.7 Å². The number of rotatable bonds is 7. The number of hydrogen-bond acceptors (Lipinski definition) is 4. The highest BCUT2D eigenvalue weighted by Crippen LogP contribution is 2.34. The fourth-order valence-corrected chi connectivity index (χ4v) is 4.76. The largest absolute Gasteiger partial charge is 0.497 e. The number of aromatic nitrogens is 1. The van der Waals surface area contributed by atoms with Crippen LogP contribution in [-0.4, -0.2) is 40.8 Å². The van der Waals surface area contributed by atoms with Crippen molar-refractivity contribution < 1.29 is 19.1 Å². The molecule has 2 heterocycles. The predicted octanol–water partition coefficient (Wildman–Crippen LogP) is 4.80. The Morgan fingerprint density at radius 2 is 1.79 bits per heavy atom. The first-order chi connectivity index (χ1) is 16.2. The van der Waals surface area contributed by atoms with Gasteiger partial charge in [-0.05, 0) is 68.3 Å². The molecule has 1 aliphatic rings. The van der Waals surface area contributed by atoms with Crippen LogP contribution in [-0.2, 0) is 10.3 Å². The molecule has 1 unspecified atom stereocenters. The van der Waals surface area contributed by atoms with E-state index in [0.29, 0.717) is 22.6 Å². The summed E-state index contributed by atoms with van der Waals surface area (Å²) in [5.74, 6) is -0.0332. The highest BCUT2D eigenvalue weighted by molar-refractivity contribution is 6.30. The van der Waals surface area contributed by atoms with Crippen molar-refractivity contribution in [1.29, 1.82) is 0 Å². The molecule has 1 aliphatic heterocycles. The Balaban J connectivity index is 1.62. The van der Waals surface area contributed by atoms with Crippen LogP contribution in [0.2, 0.25) is 5.02 Å². The maximum absolute atomic E-state index is 13.4. The maximum atomic E-state index is 13.4. The number of hydrogen-bond donors (Lipinski definition) is 1. The van der Waals surface area contributed by atoms with E-state index in [1.807, 2.05) is 49.6 Å². The second-order valence-electron chi connectivity index (χ2n) is 8.33. The van der Waals surface area contributed by atoms with E-state index in [2.05, 4.69) is 5.32 Å². The molecule has 3 amide bonds. The van der Waals surface area contributed by atoms with Crippen LogP contribution in [0.15, 0.2) is 54.6 Å². The zero-order chi connectivity index (χ0) is 24.6. The average Bonchev–Trinajstić information content (AvgIpc) is 3.26. The predicted molar refractivity (Wildman–Crippen MR) is 130 cm³/mol. The van der Waals surface area contributed by atoms with E-state index >= 15 is 0 Å². The quantitative estimate of drug-likeness (QED) is 0.390. The van der Waals surface area contributed by atoms with Crippen molar-refractivity contribution in [2.45, 2.75) is 32.7 Å². The molecule has 0 saturated carbocycles. The van der Waals surface area contributed by atoms with Crippen LogP contribution in [0, 0.1) is 13.8 Å². The Bertz CT molecular complexity index is 1280. The Kier molecular flexibility index (Phi) is 6.23. The molecule has 8 heteroatoms. The minimum Gasteiger partial charge on any atom is -0.497 e. The number of urea groups is 1. The van der Waals surface area contributed by atoms with Crippen molar-refractivity contribution >= 4 is 29.3 Å². The Morgan fingerprint density at radius 3 is 2.41 bits per heavy atom.